The fraction of sp³-hybridized carbons (Fsp3) is 0.458. The number of piperazine rings is 1. The number of sulfonamides is 1. The van der Waals surface area contributed by atoms with Gasteiger partial charge >= 0.3 is 0 Å². The van der Waals surface area contributed by atoms with Crippen LogP contribution in [0.5, 0.6) is 0 Å². The number of benzene rings is 2. The Bertz CT molecular complexity index is 1090. The van der Waals surface area contributed by atoms with Crippen molar-refractivity contribution in [2.75, 3.05) is 31.5 Å². The molecular weight excluding hydrogens is 410 g/mol. The molecule has 1 amide bonds. The highest BCUT2D eigenvalue weighted by Gasteiger charge is 2.32. The molecule has 7 heteroatoms. The van der Waals surface area contributed by atoms with Gasteiger partial charge in [0.05, 0.1) is 10.9 Å². The minimum Gasteiger partial charge on any atom is -0.324 e. The van der Waals surface area contributed by atoms with E-state index >= 15 is 0 Å². The third-order valence-electron chi connectivity index (χ3n) is 6.55. The Kier molecular flexibility index (Phi) is 6.19. The molecule has 2 aromatic rings. The molecule has 4 rings (SSSR count). The summed E-state index contributed by atoms with van der Waals surface area (Å²) in [5.41, 5.74) is 5.44. The fourth-order valence-electron chi connectivity index (χ4n) is 4.55. The first-order valence-electron chi connectivity index (χ1n) is 11.0. The van der Waals surface area contributed by atoms with Crippen molar-refractivity contribution < 1.29 is 13.2 Å². The summed E-state index contributed by atoms with van der Waals surface area (Å²) in [4.78, 5) is 15.2. The maximum Gasteiger partial charge on any atom is 0.243 e. The van der Waals surface area contributed by atoms with E-state index in [0.29, 0.717) is 31.1 Å². The number of nitrogens with zero attached hydrogens (tertiary/aromatic N) is 2. The van der Waals surface area contributed by atoms with Gasteiger partial charge < -0.3 is 5.32 Å². The zero-order valence-corrected chi connectivity index (χ0v) is 19.3. The number of carbonyl (C=O) groups is 1. The van der Waals surface area contributed by atoms with Crippen LogP contribution in [-0.4, -0.2) is 55.8 Å². The number of nitrogens with one attached hydrogen (secondary N) is 1. The van der Waals surface area contributed by atoms with E-state index in [1.807, 2.05) is 56.0 Å². The van der Waals surface area contributed by atoms with Gasteiger partial charge in [-0.25, -0.2) is 8.42 Å². The number of rotatable bonds is 5. The molecule has 0 spiro atoms. The van der Waals surface area contributed by atoms with Crippen molar-refractivity contribution in [3.8, 4) is 0 Å². The summed E-state index contributed by atoms with van der Waals surface area (Å²) in [7, 11) is -3.51. The van der Waals surface area contributed by atoms with Gasteiger partial charge in [0.25, 0.3) is 0 Å². The molecule has 6 nitrogen and oxygen atoms in total. The molecular formula is C24H31N3O3S. The van der Waals surface area contributed by atoms with Gasteiger partial charge in [-0.3, -0.25) is 9.69 Å². The monoisotopic (exact) mass is 441 g/mol. The third-order valence-corrected chi connectivity index (χ3v) is 8.44. The Morgan fingerprint density at radius 1 is 0.968 bits per heavy atom. The zero-order valence-electron chi connectivity index (χ0n) is 18.5. The van der Waals surface area contributed by atoms with Gasteiger partial charge in [-0.15, -0.1) is 0 Å². The van der Waals surface area contributed by atoms with Crippen LogP contribution in [0.4, 0.5) is 5.69 Å². The molecule has 31 heavy (non-hydrogen) atoms. The lowest BCUT2D eigenvalue weighted by molar-refractivity contribution is -0.121. The Hall–Kier alpha value is -2.22. The van der Waals surface area contributed by atoms with Gasteiger partial charge in [0.1, 0.15) is 0 Å². The lowest BCUT2D eigenvalue weighted by Crippen LogP contribution is -2.53. The second kappa shape index (κ2) is 8.73. The predicted molar refractivity (Wildman–Crippen MR) is 123 cm³/mol. The van der Waals surface area contributed by atoms with Gasteiger partial charge in [0.15, 0.2) is 0 Å². The number of hydrogen-bond acceptors (Lipinski definition) is 4. The van der Waals surface area contributed by atoms with Gasteiger partial charge in [0, 0.05) is 31.9 Å². The molecule has 1 fully saturated rings. The van der Waals surface area contributed by atoms with Crippen molar-refractivity contribution >= 4 is 21.6 Å². The van der Waals surface area contributed by atoms with Gasteiger partial charge in [-0.2, -0.15) is 4.31 Å². The maximum absolute atomic E-state index is 13.1. The van der Waals surface area contributed by atoms with Crippen molar-refractivity contribution in [2.24, 2.45) is 0 Å². The second-order valence-corrected chi connectivity index (χ2v) is 10.6. The number of carbonyl (C=O) groups excluding carboxylic acids is 1. The molecule has 1 heterocycles. The van der Waals surface area contributed by atoms with Crippen LogP contribution in [0.2, 0.25) is 0 Å². The van der Waals surface area contributed by atoms with Crippen LogP contribution in [0.25, 0.3) is 0 Å². The maximum atomic E-state index is 13.1. The van der Waals surface area contributed by atoms with Crippen LogP contribution >= 0.6 is 0 Å². The molecule has 1 saturated heterocycles. The Morgan fingerprint density at radius 3 is 2.39 bits per heavy atom. The topological polar surface area (TPSA) is 69.7 Å². The van der Waals surface area contributed by atoms with Gasteiger partial charge in [-0.1, -0.05) is 23.8 Å². The zero-order chi connectivity index (χ0) is 22.2. The second-order valence-electron chi connectivity index (χ2n) is 8.71. The van der Waals surface area contributed by atoms with Crippen LogP contribution in [0.3, 0.4) is 0 Å². The third kappa shape index (κ3) is 4.54. The largest absolute Gasteiger partial charge is 0.324 e. The number of aryl methyl sites for hydroxylation is 4. The van der Waals surface area contributed by atoms with E-state index in [-0.39, 0.29) is 11.9 Å². The summed E-state index contributed by atoms with van der Waals surface area (Å²) < 4.78 is 27.8. The molecule has 1 unspecified atom stereocenters. The molecule has 1 aliphatic carbocycles. The standard InChI is InChI=1S/C24H31N3O3S/c1-17-7-10-23(18(2)15-17)25-24(28)19(3)26-11-13-27(14-12-26)31(29,30)22-9-8-20-5-4-6-21(20)16-22/h7-10,15-16,19H,4-6,11-14H2,1-3H3,(H,25,28). The molecule has 1 N–H and O–H groups in total. The summed E-state index contributed by atoms with van der Waals surface area (Å²) in [5, 5.41) is 3.01. The first-order valence-corrected chi connectivity index (χ1v) is 12.4. The highest BCUT2D eigenvalue weighted by Crippen LogP contribution is 2.27. The predicted octanol–water partition coefficient (Wildman–Crippen LogP) is 3.13. The van der Waals surface area contributed by atoms with Crippen molar-refractivity contribution in [1.82, 2.24) is 9.21 Å². The van der Waals surface area contributed by atoms with E-state index in [0.717, 1.165) is 41.6 Å². The van der Waals surface area contributed by atoms with E-state index in [2.05, 4.69) is 5.32 Å². The van der Waals surface area contributed by atoms with Gasteiger partial charge in [0.2, 0.25) is 15.9 Å². The Morgan fingerprint density at radius 2 is 1.68 bits per heavy atom. The molecule has 0 radical (unpaired) electrons. The quantitative estimate of drug-likeness (QED) is 0.774. The molecule has 1 atom stereocenters. The summed E-state index contributed by atoms with van der Waals surface area (Å²) >= 11 is 0. The molecule has 0 aromatic heterocycles. The van der Waals surface area contributed by atoms with Gasteiger partial charge in [-0.05, 0) is 74.9 Å². The molecule has 2 aliphatic rings. The summed E-state index contributed by atoms with van der Waals surface area (Å²) in [5.74, 6) is -0.0677. The number of hydrogen-bond donors (Lipinski definition) is 1. The number of anilines is 1. The lowest BCUT2D eigenvalue weighted by Gasteiger charge is -2.36. The van der Waals surface area contributed by atoms with Crippen LogP contribution in [0.15, 0.2) is 41.3 Å². The van der Waals surface area contributed by atoms with Crippen LogP contribution in [-0.2, 0) is 27.7 Å². The normalized spacial score (nSPS) is 18.5. The first-order chi connectivity index (χ1) is 14.8. The molecule has 0 saturated carbocycles. The first kappa shape index (κ1) is 22.0. The molecule has 2 aromatic carbocycles. The Balaban J connectivity index is 1.38. The minimum atomic E-state index is -3.51. The summed E-state index contributed by atoms with van der Waals surface area (Å²) in [6.07, 6.45) is 3.09. The molecule has 0 bridgehead atoms. The average molecular weight is 442 g/mol. The number of fused-ring (bicyclic) bond motifs is 1. The van der Waals surface area contributed by atoms with Crippen LogP contribution < -0.4 is 5.32 Å². The van der Waals surface area contributed by atoms with E-state index < -0.39 is 10.0 Å². The van der Waals surface area contributed by atoms with Crippen molar-refractivity contribution in [3.05, 3.63) is 58.7 Å². The van der Waals surface area contributed by atoms with E-state index in [1.54, 1.807) is 10.4 Å². The van der Waals surface area contributed by atoms with Crippen LogP contribution in [0, 0.1) is 13.8 Å². The average Bonchev–Trinajstić information content (AvgIpc) is 3.23. The van der Waals surface area contributed by atoms with Crippen molar-refractivity contribution in [2.45, 2.75) is 51.0 Å². The lowest BCUT2D eigenvalue weighted by atomic mass is 10.1. The van der Waals surface area contributed by atoms with Crippen molar-refractivity contribution in [3.63, 3.8) is 0 Å². The summed E-state index contributed by atoms with van der Waals surface area (Å²) in [6.45, 7) is 7.73. The van der Waals surface area contributed by atoms with Crippen LogP contribution in [0.1, 0.15) is 35.6 Å². The fourth-order valence-corrected chi connectivity index (χ4v) is 6.02. The highest BCUT2D eigenvalue weighted by molar-refractivity contribution is 7.89. The SMILES string of the molecule is Cc1ccc(NC(=O)C(C)N2CCN(S(=O)(=O)c3ccc4c(c3)CCC4)CC2)c(C)c1. The van der Waals surface area contributed by atoms with E-state index in [4.69, 9.17) is 0 Å². The highest BCUT2D eigenvalue weighted by atomic mass is 32.2. The van der Waals surface area contributed by atoms with E-state index in [9.17, 15) is 13.2 Å². The smallest absolute Gasteiger partial charge is 0.243 e. The minimum absolute atomic E-state index is 0.0677. The Labute approximate surface area is 185 Å². The summed E-state index contributed by atoms with van der Waals surface area (Å²) in [6, 6.07) is 11.2. The van der Waals surface area contributed by atoms with E-state index in [1.165, 1.54) is 5.56 Å². The number of amides is 1. The molecule has 1 aliphatic heterocycles. The van der Waals surface area contributed by atoms with Crippen molar-refractivity contribution in [1.29, 1.82) is 0 Å². The molecule has 166 valence electrons.